The molecule has 1 aromatic rings. The maximum atomic E-state index is 13.2. The lowest BCUT2D eigenvalue weighted by Gasteiger charge is -2.16. The highest BCUT2D eigenvalue weighted by Crippen LogP contribution is 2.21. The van der Waals surface area contributed by atoms with Gasteiger partial charge in [-0.3, -0.25) is 4.79 Å². The minimum absolute atomic E-state index is 0.0293. The van der Waals surface area contributed by atoms with Crippen LogP contribution in [0.1, 0.15) is 16.8 Å². The second-order valence-corrected chi connectivity index (χ2v) is 4.90. The average molecular weight is 276 g/mol. The summed E-state index contributed by atoms with van der Waals surface area (Å²) in [4.78, 5) is 13.7. The molecule has 1 aromatic carbocycles. The third-order valence-electron chi connectivity index (χ3n) is 2.96. The van der Waals surface area contributed by atoms with Gasteiger partial charge in [-0.1, -0.05) is 11.6 Å². The molecule has 1 fully saturated rings. The number of likely N-dealkylation sites (tertiary alicyclic amines) is 1. The van der Waals surface area contributed by atoms with Crippen LogP contribution in [0.25, 0.3) is 0 Å². The van der Waals surface area contributed by atoms with Crippen molar-refractivity contribution >= 4 is 29.1 Å². The summed E-state index contributed by atoms with van der Waals surface area (Å²) in [5.41, 5.74) is 0.335. The summed E-state index contributed by atoms with van der Waals surface area (Å²) in [6.07, 6.45) is 0.908. The molecule has 1 aliphatic heterocycles. The lowest BCUT2D eigenvalue weighted by Crippen LogP contribution is -2.28. The fourth-order valence-electron chi connectivity index (χ4n) is 1.95. The third kappa shape index (κ3) is 2.72. The fourth-order valence-corrected chi connectivity index (χ4v) is 2.32. The van der Waals surface area contributed by atoms with Crippen LogP contribution in [0.5, 0.6) is 0 Å². The molecule has 2 nitrogen and oxygen atoms in total. The van der Waals surface area contributed by atoms with Crippen LogP contribution >= 0.6 is 23.2 Å². The van der Waals surface area contributed by atoms with E-state index in [2.05, 4.69) is 0 Å². The molecule has 0 aliphatic carbocycles. The standard InChI is InChI=1S/C12H12Cl2FNO/c13-6-8-3-4-16(7-8)12(17)9-1-2-10(14)11(15)5-9/h1-2,5,8H,3-4,6-7H2. The van der Waals surface area contributed by atoms with Gasteiger partial charge < -0.3 is 4.90 Å². The van der Waals surface area contributed by atoms with Crippen molar-refractivity contribution in [1.29, 1.82) is 0 Å². The van der Waals surface area contributed by atoms with Gasteiger partial charge in [-0.05, 0) is 30.5 Å². The van der Waals surface area contributed by atoms with Crippen molar-refractivity contribution in [2.75, 3.05) is 19.0 Å². The van der Waals surface area contributed by atoms with Gasteiger partial charge in [0, 0.05) is 24.5 Å². The second kappa shape index (κ2) is 5.23. The van der Waals surface area contributed by atoms with Gasteiger partial charge in [0.05, 0.1) is 5.02 Å². The fraction of sp³-hybridized carbons (Fsp3) is 0.417. The van der Waals surface area contributed by atoms with Gasteiger partial charge in [-0.25, -0.2) is 4.39 Å². The van der Waals surface area contributed by atoms with Gasteiger partial charge in [0.25, 0.3) is 5.91 Å². The molecule has 92 valence electrons. The maximum Gasteiger partial charge on any atom is 0.253 e. The van der Waals surface area contributed by atoms with Crippen LogP contribution in [0, 0.1) is 11.7 Å². The van der Waals surface area contributed by atoms with Gasteiger partial charge in [0.2, 0.25) is 0 Å². The summed E-state index contributed by atoms with van der Waals surface area (Å²) in [5.74, 6) is 0.176. The first-order valence-electron chi connectivity index (χ1n) is 5.42. The molecule has 0 spiro atoms. The second-order valence-electron chi connectivity index (χ2n) is 4.19. The predicted molar refractivity (Wildman–Crippen MR) is 66.1 cm³/mol. The quantitative estimate of drug-likeness (QED) is 0.760. The van der Waals surface area contributed by atoms with Gasteiger partial charge >= 0.3 is 0 Å². The van der Waals surface area contributed by atoms with Crippen molar-refractivity contribution < 1.29 is 9.18 Å². The van der Waals surface area contributed by atoms with E-state index < -0.39 is 5.82 Å². The van der Waals surface area contributed by atoms with E-state index in [1.807, 2.05) is 0 Å². The average Bonchev–Trinajstić information content (AvgIpc) is 2.80. The Labute approximate surface area is 109 Å². The molecule has 2 rings (SSSR count). The number of benzene rings is 1. The number of hydrogen-bond acceptors (Lipinski definition) is 1. The Bertz CT molecular complexity index is 439. The molecule has 5 heteroatoms. The first-order valence-corrected chi connectivity index (χ1v) is 6.33. The first kappa shape index (κ1) is 12.7. The molecule has 0 bridgehead atoms. The molecule has 1 heterocycles. The summed E-state index contributed by atoms with van der Waals surface area (Å²) < 4.78 is 13.2. The van der Waals surface area contributed by atoms with Gasteiger partial charge in [0.15, 0.2) is 0 Å². The molecule has 1 saturated heterocycles. The van der Waals surface area contributed by atoms with Crippen LogP contribution in [-0.4, -0.2) is 29.8 Å². The van der Waals surface area contributed by atoms with E-state index in [1.54, 1.807) is 11.0 Å². The molecule has 1 aliphatic rings. The summed E-state index contributed by atoms with van der Waals surface area (Å²) in [6, 6.07) is 4.12. The van der Waals surface area contributed by atoms with E-state index in [4.69, 9.17) is 23.2 Å². The summed E-state index contributed by atoms with van der Waals surface area (Å²) in [6.45, 7) is 1.33. The SMILES string of the molecule is O=C(c1ccc(Cl)c(F)c1)N1CCC(CCl)C1. The van der Waals surface area contributed by atoms with Crippen molar-refractivity contribution in [2.45, 2.75) is 6.42 Å². The van der Waals surface area contributed by atoms with Crippen molar-refractivity contribution in [3.8, 4) is 0 Å². The third-order valence-corrected chi connectivity index (χ3v) is 3.70. The van der Waals surface area contributed by atoms with Gasteiger partial charge in [-0.2, -0.15) is 0 Å². The summed E-state index contributed by atoms with van der Waals surface area (Å²) in [5, 5.41) is 0.0293. The number of alkyl halides is 1. The molecule has 1 unspecified atom stereocenters. The maximum absolute atomic E-state index is 13.2. The van der Waals surface area contributed by atoms with E-state index in [0.29, 0.717) is 30.5 Å². The van der Waals surface area contributed by atoms with Crippen LogP contribution in [0.3, 0.4) is 0 Å². The first-order chi connectivity index (χ1) is 8.11. The zero-order valence-electron chi connectivity index (χ0n) is 9.13. The van der Waals surface area contributed by atoms with Crippen LogP contribution in [-0.2, 0) is 0 Å². The Morgan fingerprint density at radius 2 is 2.29 bits per heavy atom. The monoisotopic (exact) mass is 275 g/mol. The summed E-state index contributed by atoms with van der Waals surface area (Å²) in [7, 11) is 0. The van der Waals surface area contributed by atoms with E-state index in [1.165, 1.54) is 12.1 Å². The number of halogens is 3. The van der Waals surface area contributed by atoms with Gasteiger partial charge in [0.1, 0.15) is 5.82 Å². The Morgan fingerprint density at radius 3 is 2.88 bits per heavy atom. The van der Waals surface area contributed by atoms with Crippen LogP contribution < -0.4 is 0 Å². The molecule has 1 atom stereocenters. The highest BCUT2D eigenvalue weighted by atomic mass is 35.5. The molecule has 0 radical (unpaired) electrons. The Hall–Kier alpha value is -0.800. The number of carbonyl (C=O) groups is 1. The minimum Gasteiger partial charge on any atom is -0.338 e. The van der Waals surface area contributed by atoms with E-state index in [-0.39, 0.29) is 10.9 Å². The van der Waals surface area contributed by atoms with E-state index in [0.717, 1.165) is 6.42 Å². The Balaban J connectivity index is 2.12. The zero-order chi connectivity index (χ0) is 12.4. The zero-order valence-corrected chi connectivity index (χ0v) is 10.6. The van der Waals surface area contributed by atoms with Crippen LogP contribution in [0.2, 0.25) is 5.02 Å². The van der Waals surface area contributed by atoms with Crippen molar-refractivity contribution in [3.63, 3.8) is 0 Å². The van der Waals surface area contributed by atoms with Crippen molar-refractivity contribution in [2.24, 2.45) is 5.92 Å². The van der Waals surface area contributed by atoms with Crippen LogP contribution in [0.15, 0.2) is 18.2 Å². The number of amides is 1. The highest BCUT2D eigenvalue weighted by Gasteiger charge is 2.26. The minimum atomic E-state index is -0.564. The number of rotatable bonds is 2. The normalized spacial score (nSPS) is 19.7. The molecule has 1 amide bonds. The number of carbonyl (C=O) groups excluding carboxylic acids is 1. The Kier molecular flexibility index (Phi) is 3.89. The predicted octanol–water partition coefficient (Wildman–Crippen LogP) is 3.18. The molecule has 0 saturated carbocycles. The lowest BCUT2D eigenvalue weighted by atomic mass is 10.1. The topological polar surface area (TPSA) is 20.3 Å². The van der Waals surface area contributed by atoms with Gasteiger partial charge in [-0.15, -0.1) is 11.6 Å². The molecular formula is C12H12Cl2FNO. The highest BCUT2D eigenvalue weighted by molar-refractivity contribution is 6.30. The largest absolute Gasteiger partial charge is 0.338 e. The molecule has 0 N–H and O–H groups in total. The Morgan fingerprint density at radius 1 is 1.53 bits per heavy atom. The molecule has 0 aromatic heterocycles. The smallest absolute Gasteiger partial charge is 0.253 e. The molecule has 17 heavy (non-hydrogen) atoms. The van der Waals surface area contributed by atoms with Crippen LogP contribution in [0.4, 0.5) is 4.39 Å². The lowest BCUT2D eigenvalue weighted by molar-refractivity contribution is 0.0788. The number of hydrogen-bond donors (Lipinski definition) is 0. The van der Waals surface area contributed by atoms with Crippen molar-refractivity contribution in [1.82, 2.24) is 4.90 Å². The molecular weight excluding hydrogens is 264 g/mol. The van der Waals surface area contributed by atoms with E-state index >= 15 is 0 Å². The summed E-state index contributed by atoms with van der Waals surface area (Å²) >= 11 is 11.3. The van der Waals surface area contributed by atoms with E-state index in [9.17, 15) is 9.18 Å². The van der Waals surface area contributed by atoms with Crippen molar-refractivity contribution in [3.05, 3.63) is 34.6 Å². The number of nitrogens with zero attached hydrogens (tertiary/aromatic N) is 1.